The van der Waals surface area contributed by atoms with Crippen molar-refractivity contribution in [1.29, 1.82) is 0 Å². The van der Waals surface area contributed by atoms with E-state index in [2.05, 4.69) is 24.1 Å². The molecule has 20 heavy (non-hydrogen) atoms. The Kier molecular flexibility index (Phi) is 6.81. The normalized spacial score (nSPS) is 12.4. The molecule has 5 nitrogen and oxygen atoms in total. The molecule has 1 aromatic heterocycles. The first kappa shape index (κ1) is 16.8. The first-order valence-electron chi connectivity index (χ1n) is 6.76. The second-order valence-corrected chi connectivity index (χ2v) is 6.06. The maximum Gasteiger partial charge on any atom is 0.228 e. The number of aromatic nitrogens is 1. The lowest BCUT2D eigenvalue weighted by Crippen LogP contribution is -2.18. The number of carbonyl (C=O) groups excluding carboxylic acids is 2. The number of amides is 1. The van der Waals surface area contributed by atoms with Crippen LogP contribution in [0.2, 0.25) is 0 Å². The van der Waals surface area contributed by atoms with Gasteiger partial charge in [-0.2, -0.15) is 0 Å². The maximum absolute atomic E-state index is 11.7. The second-order valence-electron chi connectivity index (χ2n) is 5.20. The fraction of sp³-hybridized carbons (Fsp3) is 0.643. The molecule has 1 atom stereocenters. The summed E-state index contributed by atoms with van der Waals surface area (Å²) in [5.74, 6) is 0.331. The zero-order valence-electron chi connectivity index (χ0n) is 12.4. The number of ketones is 1. The van der Waals surface area contributed by atoms with Gasteiger partial charge in [0, 0.05) is 12.3 Å². The molecule has 1 rings (SSSR count). The van der Waals surface area contributed by atoms with Crippen LogP contribution in [0, 0.1) is 5.92 Å². The van der Waals surface area contributed by atoms with Gasteiger partial charge in [0.1, 0.15) is 5.69 Å². The molecule has 1 aromatic rings. The van der Waals surface area contributed by atoms with Crippen molar-refractivity contribution >= 4 is 28.2 Å². The summed E-state index contributed by atoms with van der Waals surface area (Å²) in [7, 11) is 0. The molecule has 0 aromatic carbocycles. The summed E-state index contributed by atoms with van der Waals surface area (Å²) in [6.45, 7) is 8.14. The summed E-state index contributed by atoms with van der Waals surface area (Å²) in [5, 5.41) is 4.76. The lowest BCUT2D eigenvalue weighted by Gasteiger charge is -2.14. The van der Waals surface area contributed by atoms with Crippen molar-refractivity contribution < 1.29 is 14.3 Å². The SMILES string of the molecule is CC(=O)c1csc(NC(=O)CCOC(C)CC(C)C)n1. The van der Waals surface area contributed by atoms with E-state index in [1.165, 1.54) is 18.3 Å². The Hall–Kier alpha value is -1.27. The summed E-state index contributed by atoms with van der Waals surface area (Å²) < 4.78 is 5.57. The van der Waals surface area contributed by atoms with Gasteiger partial charge < -0.3 is 10.1 Å². The Bertz CT molecular complexity index is 457. The number of nitrogens with one attached hydrogen (secondary N) is 1. The predicted octanol–water partition coefficient (Wildman–Crippen LogP) is 3.13. The van der Waals surface area contributed by atoms with E-state index in [1.807, 2.05) is 6.92 Å². The van der Waals surface area contributed by atoms with Crippen LogP contribution >= 0.6 is 11.3 Å². The highest BCUT2D eigenvalue weighted by atomic mass is 32.1. The lowest BCUT2D eigenvalue weighted by molar-refractivity contribution is -0.117. The van der Waals surface area contributed by atoms with Gasteiger partial charge in [0.25, 0.3) is 0 Å². The van der Waals surface area contributed by atoms with E-state index in [0.29, 0.717) is 23.4 Å². The first-order chi connectivity index (χ1) is 9.38. The number of anilines is 1. The third-order valence-corrected chi connectivity index (χ3v) is 3.40. The van der Waals surface area contributed by atoms with Crippen LogP contribution < -0.4 is 5.32 Å². The number of rotatable bonds is 8. The van der Waals surface area contributed by atoms with Gasteiger partial charge in [0.2, 0.25) is 5.91 Å². The molecule has 0 fully saturated rings. The average molecular weight is 298 g/mol. The summed E-state index contributed by atoms with van der Waals surface area (Å²) in [6, 6.07) is 0. The molecular weight excluding hydrogens is 276 g/mol. The van der Waals surface area contributed by atoms with Crippen molar-refractivity contribution in [2.24, 2.45) is 5.92 Å². The van der Waals surface area contributed by atoms with Crippen LogP contribution in [0.4, 0.5) is 5.13 Å². The molecule has 0 saturated carbocycles. The molecule has 112 valence electrons. The molecule has 0 spiro atoms. The van der Waals surface area contributed by atoms with Crippen molar-refractivity contribution in [2.45, 2.75) is 46.6 Å². The Labute approximate surface area is 123 Å². The zero-order valence-corrected chi connectivity index (χ0v) is 13.3. The number of hydrogen-bond acceptors (Lipinski definition) is 5. The minimum atomic E-state index is -0.147. The van der Waals surface area contributed by atoms with Gasteiger partial charge >= 0.3 is 0 Å². The number of thiazole rings is 1. The van der Waals surface area contributed by atoms with Crippen LogP contribution in [0.1, 0.15) is 51.0 Å². The maximum atomic E-state index is 11.7. The minimum Gasteiger partial charge on any atom is -0.378 e. The van der Waals surface area contributed by atoms with Gasteiger partial charge in [-0.3, -0.25) is 9.59 Å². The lowest BCUT2D eigenvalue weighted by atomic mass is 10.1. The number of carbonyl (C=O) groups is 2. The molecule has 1 amide bonds. The monoisotopic (exact) mass is 298 g/mol. The highest BCUT2D eigenvalue weighted by Gasteiger charge is 2.10. The minimum absolute atomic E-state index is 0.104. The highest BCUT2D eigenvalue weighted by molar-refractivity contribution is 7.14. The van der Waals surface area contributed by atoms with Crippen LogP contribution in [0.5, 0.6) is 0 Å². The summed E-state index contributed by atoms with van der Waals surface area (Å²) >= 11 is 1.25. The molecule has 0 saturated heterocycles. The molecule has 1 N–H and O–H groups in total. The Morgan fingerprint density at radius 1 is 1.40 bits per heavy atom. The zero-order chi connectivity index (χ0) is 15.1. The van der Waals surface area contributed by atoms with Crippen LogP contribution in [-0.2, 0) is 9.53 Å². The second kappa shape index (κ2) is 8.11. The number of ether oxygens (including phenoxy) is 1. The first-order valence-corrected chi connectivity index (χ1v) is 7.64. The van der Waals surface area contributed by atoms with Crippen molar-refractivity contribution in [3.05, 3.63) is 11.1 Å². The molecule has 0 aliphatic heterocycles. The Balaban J connectivity index is 2.27. The third-order valence-electron chi connectivity index (χ3n) is 2.65. The van der Waals surface area contributed by atoms with Gasteiger partial charge in [-0.25, -0.2) is 4.98 Å². The van der Waals surface area contributed by atoms with Gasteiger partial charge in [-0.05, 0) is 19.3 Å². The largest absolute Gasteiger partial charge is 0.378 e. The van der Waals surface area contributed by atoms with E-state index >= 15 is 0 Å². The number of Topliss-reactive ketones (excluding diaryl/α,β-unsaturated/α-hetero) is 1. The van der Waals surface area contributed by atoms with E-state index in [-0.39, 0.29) is 24.2 Å². The summed E-state index contributed by atoms with van der Waals surface area (Å²) in [5.41, 5.74) is 0.382. The third kappa shape index (κ3) is 6.25. The van der Waals surface area contributed by atoms with Crippen LogP contribution in [0.15, 0.2) is 5.38 Å². The molecule has 6 heteroatoms. The van der Waals surface area contributed by atoms with Crippen LogP contribution in [-0.4, -0.2) is 29.4 Å². The Morgan fingerprint density at radius 2 is 2.10 bits per heavy atom. The molecule has 1 unspecified atom stereocenters. The standard InChI is InChI=1S/C14H22N2O3S/c1-9(2)7-10(3)19-6-5-13(18)16-14-15-12(8-20-14)11(4)17/h8-10H,5-7H2,1-4H3,(H,15,16,18). The fourth-order valence-electron chi connectivity index (χ4n) is 1.76. The van der Waals surface area contributed by atoms with Gasteiger partial charge in [-0.15, -0.1) is 11.3 Å². The van der Waals surface area contributed by atoms with E-state index in [4.69, 9.17) is 4.74 Å². The molecule has 0 aliphatic carbocycles. The predicted molar refractivity (Wildman–Crippen MR) is 80.2 cm³/mol. The van der Waals surface area contributed by atoms with Crippen molar-refractivity contribution in [2.75, 3.05) is 11.9 Å². The molecule has 0 radical (unpaired) electrons. The van der Waals surface area contributed by atoms with Crippen molar-refractivity contribution in [3.8, 4) is 0 Å². The quantitative estimate of drug-likeness (QED) is 0.749. The smallest absolute Gasteiger partial charge is 0.228 e. The van der Waals surface area contributed by atoms with E-state index < -0.39 is 0 Å². The van der Waals surface area contributed by atoms with Gasteiger partial charge in [-0.1, -0.05) is 13.8 Å². The molecule has 1 heterocycles. The van der Waals surface area contributed by atoms with Crippen molar-refractivity contribution in [3.63, 3.8) is 0 Å². The topological polar surface area (TPSA) is 68.3 Å². The highest BCUT2D eigenvalue weighted by Crippen LogP contribution is 2.16. The fourth-order valence-corrected chi connectivity index (χ4v) is 2.53. The van der Waals surface area contributed by atoms with Crippen LogP contribution in [0.3, 0.4) is 0 Å². The molecule has 0 aliphatic rings. The Morgan fingerprint density at radius 3 is 2.65 bits per heavy atom. The summed E-state index contributed by atoms with van der Waals surface area (Å²) in [6.07, 6.45) is 1.43. The summed E-state index contributed by atoms with van der Waals surface area (Å²) in [4.78, 5) is 26.8. The van der Waals surface area contributed by atoms with Crippen LogP contribution in [0.25, 0.3) is 0 Å². The average Bonchev–Trinajstić information content (AvgIpc) is 2.76. The van der Waals surface area contributed by atoms with Crippen molar-refractivity contribution in [1.82, 2.24) is 4.98 Å². The van der Waals surface area contributed by atoms with E-state index in [9.17, 15) is 9.59 Å². The van der Waals surface area contributed by atoms with Gasteiger partial charge in [0.05, 0.1) is 19.1 Å². The number of nitrogens with zero attached hydrogens (tertiary/aromatic N) is 1. The molecular formula is C14H22N2O3S. The molecule has 0 bridgehead atoms. The number of hydrogen-bond donors (Lipinski definition) is 1. The van der Waals surface area contributed by atoms with E-state index in [0.717, 1.165) is 6.42 Å². The van der Waals surface area contributed by atoms with Gasteiger partial charge in [0.15, 0.2) is 10.9 Å². The van der Waals surface area contributed by atoms with E-state index in [1.54, 1.807) is 5.38 Å².